The number of carbonyl (C=O) groups is 2. The number of benzene rings is 2. The molecule has 9 heteroatoms. The van der Waals surface area contributed by atoms with Gasteiger partial charge in [0.2, 0.25) is 0 Å². The number of ether oxygens (including phenoxy) is 1. The van der Waals surface area contributed by atoms with Gasteiger partial charge in [-0.05, 0) is 48.9 Å². The first kappa shape index (κ1) is 25.8. The topological polar surface area (TPSA) is 95.4 Å². The molecule has 0 spiro atoms. The first-order valence-electron chi connectivity index (χ1n) is 10.6. The molecule has 1 aromatic heterocycles. The fraction of sp³-hybridized carbons (Fsp3) is 0.231. The fourth-order valence-electron chi connectivity index (χ4n) is 3.52. The maximum absolute atomic E-state index is 14.8. The van der Waals surface area contributed by atoms with E-state index in [9.17, 15) is 14.0 Å². The number of anilines is 1. The number of rotatable bonds is 7. The number of ketones is 1. The maximum atomic E-state index is 14.8. The number of hydrogen-bond acceptors (Lipinski definition) is 5. The molecule has 1 aliphatic heterocycles. The number of carbonyl (C=O) groups excluding carboxylic acids is 2. The number of nitrogens with zero attached hydrogens (tertiary/aromatic N) is 2. The lowest BCUT2D eigenvalue weighted by Gasteiger charge is -2.33. The molecule has 4 rings (SSSR count). The third-order valence-corrected chi connectivity index (χ3v) is 5.79. The number of amidine groups is 1. The molecule has 1 fully saturated rings. The second kappa shape index (κ2) is 11.1. The fourth-order valence-corrected chi connectivity index (χ4v) is 3.63. The lowest BCUT2D eigenvalue weighted by atomic mass is 10.0. The van der Waals surface area contributed by atoms with Gasteiger partial charge < -0.3 is 15.0 Å². The Hall–Kier alpha value is -3.78. The number of pyridine rings is 1. The molecular formula is C26H26ClFN4O3. The number of halogens is 2. The van der Waals surface area contributed by atoms with Crippen LogP contribution in [0.25, 0.3) is 0 Å². The molecule has 0 atom stereocenters. The highest BCUT2D eigenvalue weighted by Crippen LogP contribution is 2.25. The van der Waals surface area contributed by atoms with Crippen molar-refractivity contribution in [2.75, 3.05) is 25.5 Å². The van der Waals surface area contributed by atoms with Crippen molar-refractivity contribution in [3.05, 3.63) is 88.0 Å². The minimum absolute atomic E-state index is 0. The van der Waals surface area contributed by atoms with E-state index in [4.69, 9.17) is 21.7 Å². The van der Waals surface area contributed by atoms with Crippen LogP contribution in [-0.4, -0.2) is 47.6 Å². The zero-order chi connectivity index (χ0) is 24.2. The van der Waals surface area contributed by atoms with Crippen molar-refractivity contribution in [2.24, 2.45) is 0 Å². The number of hydrogen-bond donors (Lipinski definition) is 2. The maximum Gasteiger partial charge on any atom is 0.258 e. The highest BCUT2D eigenvalue weighted by Gasteiger charge is 2.22. The second-order valence-corrected chi connectivity index (χ2v) is 8.25. The van der Waals surface area contributed by atoms with Gasteiger partial charge in [-0.25, -0.2) is 4.39 Å². The van der Waals surface area contributed by atoms with E-state index in [1.165, 1.54) is 37.6 Å². The summed E-state index contributed by atoms with van der Waals surface area (Å²) in [6, 6.07) is 12.0. The number of Topliss-reactive ketones (excluding diaryl/α,β-unsaturated/α-hetero) is 1. The molecule has 1 saturated heterocycles. The average Bonchev–Trinajstić information content (AvgIpc) is 2.79. The SMILES string of the molecule is C.COc1ccc(NC(=O)c2ccc(C(=N)N3CCC3)cc2F)c(C(=O)Cc2ccc(Cl)cn2)c1. The van der Waals surface area contributed by atoms with Gasteiger partial charge >= 0.3 is 0 Å². The highest BCUT2D eigenvalue weighted by molar-refractivity contribution is 6.30. The summed E-state index contributed by atoms with van der Waals surface area (Å²) < 4.78 is 20.0. The van der Waals surface area contributed by atoms with Crippen LogP contribution in [-0.2, 0) is 6.42 Å². The summed E-state index contributed by atoms with van der Waals surface area (Å²) in [5.74, 6) is -1.08. The van der Waals surface area contributed by atoms with Crippen LogP contribution >= 0.6 is 11.6 Å². The standard InChI is InChI=1S/C25H22ClFN4O3.CH4/c1-34-18-6-8-22(20(13-18)23(32)12-17-5-4-16(26)14-29-17)30-25(33)19-7-3-15(11-21(19)27)24(28)31-9-2-10-31;/h3-8,11,13-14,28H,2,9-10,12H2,1H3,(H,30,33);1H4. The van der Waals surface area contributed by atoms with E-state index < -0.39 is 11.7 Å². The van der Waals surface area contributed by atoms with Gasteiger partial charge in [0.1, 0.15) is 17.4 Å². The van der Waals surface area contributed by atoms with Gasteiger partial charge in [0.15, 0.2) is 5.78 Å². The quantitative estimate of drug-likeness (QED) is 0.265. The van der Waals surface area contributed by atoms with Crippen LogP contribution in [0.3, 0.4) is 0 Å². The van der Waals surface area contributed by atoms with Gasteiger partial charge in [0.05, 0.1) is 29.8 Å². The average molecular weight is 497 g/mol. The first-order chi connectivity index (χ1) is 16.4. The monoisotopic (exact) mass is 496 g/mol. The van der Waals surface area contributed by atoms with Crippen molar-refractivity contribution in [1.29, 1.82) is 5.41 Å². The number of amides is 1. The Balaban J connectivity index is 0.00000342. The van der Waals surface area contributed by atoms with Gasteiger partial charge in [-0.2, -0.15) is 0 Å². The zero-order valence-electron chi connectivity index (χ0n) is 18.4. The molecule has 182 valence electrons. The third kappa shape index (κ3) is 5.84. The molecule has 1 aliphatic rings. The molecule has 0 saturated carbocycles. The summed E-state index contributed by atoms with van der Waals surface area (Å²) in [6.07, 6.45) is 2.43. The number of nitrogens with one attached hydrogen (secondary N) is 2. The van der Waals surface area contributed by atoms with Crippen molar-refractivity contribution in [3.8, 4) is 5.75 Å². The summed E-state index contributed by atoms with van der Waals surface area (Å²) in [6.45, 7) is 1.53. The van der Waals surface area contributed by atoms with Crippen molar-refractivity contribution >= 4 is 34.8 Å². The molecule has 0 radical (unpaired) electrons. The van der Waals surface area contributed by atoms with Crippen LogP contribution in [0, 0.1) is 11.2 Å². The van der Waals surface area contributed by atoms with Crippen LogP contribution in [0.2, 0.25) is 5.02 Å². The molecule has 7 nitrogen and oxygen atoms in total. The third-order valence-electron chi connectivity index (χ3n) is 5.57. The molecule has 0 unspecified atom stereocenters. The summed E-state index contributed by atoms with van der Waals surface area (Å²) >= 11 is 5.85. The highest BCUT2D eigenvalue weighted by atomic mass is 35.5. The van der Waals surface area contributed by atoms with E-state index in [-0.39, 0.29) is 42.3 Å². The van der Waals surface area contributed by atoms with E-state index >= 15 is 0 Å². The van der Waals surface area contributed by atoms with E-state index in [1.54, 1.807) is 24.3 Å². The Morgan fingerprint density at radius 1 is 1.14 bits per heavy atom. The molecule has 3 aromatic rings. The van der Waals surface area contributed by atoms with Crippen LogP contribution in [0.4, 0.5) is 10.1 Å². The van der Waals surface area contributed by atoms with Crippen LogP contribution in [0.1, 0.15) is 45.8 Å². The lowest BCUT2D eigenvalue weighted by molar-refractivity contribution is 0.0992. The molecule has 35 heavy (non-hydrogen) atoms. The van der Waals surface area contributed by atoms with Crippen molar-refractivity contribution in [3.63, 3.8) is 0 Å². The van der Waals surface area contributed by atoms with Crippen molar-refractivity contribution in [1.82, 2.24) is 9.88 Å². The Bertz CT molecular complexity index is 1260. The molecule has 2 N–H and O–H groups in total. The molecule has 2 aromatic carbocycles. The smallest absolute Gasteiger partial charge is 0.258 e. The van der Waals surface area contributed by atoms with Crippen LogP contribution in [0.5, 0.6) is 5.75 Å². The Morgan fingerprint density at radius 2 is 1.91 bits per heavy atom. The van der Waals surface area contributed by atoms with Crippen LogP contribution < -0.4 is 10.1 Å². The van der Waals surface area contributed by atoms with Crippen LogP contribution in [0.15, 0.2) is 54.7 Å². The number of likely N-dealkylation sites (tertiary alicyclic amines) is 1. The van der Waals surface area contributed by atoms with Gasteiger partial charge in [-0.15, -0.1) is 0 Å². The molecular weight excluding hydrogens is 471 g/mol. The number of methoxy groups -OCH3 is 1. The lowest BCUT2D eigenvalue weighted by Crippen LogP contribution is -2.42. The predicted molar refractivity (Wildman–Crippen MR) is 134 cm³/mol. The molecule has 0 aliphatic carbocycles. The molecule has 1 amide bonds. The van der Waals surface area contributed by atoms with Crippen molar-refractivity contribution < 1.29 is 18.7 Å². The van der Waals surface area contributed by atoms with Gasteiger partial charge in [-0.3, -0.25) is 20.0 Å². The minimum Gasteiger partial charge on any atom is -0.497 e. The van der Waals surface area contributed by atoms with E-state index in [0.717, 1.165) is 19.5 Å². The number of aromatic nitrogens is 1. The van der Waals surface area contributed by atoms with Gasteiger partial charge in [0.25, 0.3) is 5.91 Å². The Labute approximate surface area is 208 Å². The Morgan fingerprint density at radius 3 is 2.51 bits per heavy atom. The predicted octanol–water partition coefficient (Wildman–Crippen LogP) is 5.23. The van der Waals surface area contributed by atoms with Gasteiger partial charge in [0, 0.05) is 36.1 Å². The van der Waals surface area contributed by atoms with E-state index in [2.05, 4.69) is 10.3 Å². The normalized spacial score (nSPS) is 12.3. The molecule has 0 bridgehead atoms. The van der Waals surface area contributed by atoms with Crippen molar-refractivity contribution in [2.45, 2.75) is 20.3 Å². The summed E-state index contributed by atoms with van der Waals surface area (Å²) in [5.41, 5.74) is 1.17. The first-order valence-corrected chi connectivity index (χ1v) is 11.0. The minimum atomic E-state index is -0.743. The summed E-state index contributed by atoms with van der Waals surface area (Å²) in [5, 5.41) is 11.2. The Kier molecular flexibility index (Phi) is 8.19. The van der Waals surface area contributed by atoms with E-state index in [0.29, 0.717) is 22.0 Å². The molecule has 2 heterocycles. The van der Waals surface area contributed by atoms with Gasteiger partial charge in [-0.1, -0.05) is 25.1 Å². The summed E-state index contributed by atoms with van der Waals surface area (Å²) in [4.78, 5) is 31.8. The summed E-state index contributed by atoms with van der Waals surface area (Å²) in [7, 11) is 1.47. The second-order valence-electron chi connectivity index (χ2n) is 7.82. The largest absolute Gasteiger partial charge is 0.497 e. The van der Waals surface area contributed by atoms with E-state index in [1.807, 2.05) is 4.90 Å². The zero-order valence-corrected chi connectivity index (χ0v) is 19.2.